The van der Waals surface area contributed by atoms with Gasteiger partial charge in [0.15, 0.2) is 5.11 Å². The fourth-order valence-electron chi connectivity index (χ4n) is 4.87. The number of rotatable bonds is 2. The summed E-state index contributed by atoms with van der Waals surface area (Å²) in [4.78, 5) is 13.7. The highest BCUT2D eigenvalue weighted by Crippen LogP contribution is 2.40. The van der Waals surface area contributed by atoms with E-state index >= 15 is 0 Å². The second-order valence-electron chi connectivity index (χ2n) is 8.37. The first kappa shape index (κ1) is 18.5. The lowest BCUT2D eigenvalue weighted by atomic mass is 9.86. The van der Waals surface area contributed by atoms with Crippen molar-refractivity contribution in [2.24, 2.45) is 10.5 Å². The smallest absolute Gasteiger partial charge is 0.189 e. The molecular weight excluding hydrogens is 380 g/mol. The molecule has 1 aliphatic carbocycles. The van der Waals surface area contributed by atoms with Crippen LogP contribution in [0.15, 0.2) is 47.8 Å². The quantitative estimate of drug-likeness (QED) is 0.611. The molecule has 29 heavy (non-hydrogen) atoms. The molecule has 0 aromatic carbocycles. The summed E-state index contributed by atoms with van der Waals surface area (Å²) in [6.45, 7) is 4.09. The molecule has 2 aromatic rings. The largest absolute Gasteiger partial charge is 0.356 e. The van der Waals surface area contributed by atoms with Crippen LogP contribution in [0.2, 0.25) is 0 Å². The molecule has 1 unspecified atom stereocenters. The van der Waals surface area contributed by atoms with Gasteiger partial charge in [-0.1, -0.05) is 12.1 Å². The molecule has 0 amide bonds. The van der Waals surface area contributed by atoms with E-state index in [1.54, 1.807) is 0 Å². The van der Waals surface area contributed by atoms with E-state index in [-0.39, 0.29) is 0 Å². The molecule has 1 spiro atoms. The highest BCUT2D eigenvalue weighted by atomic mass is 32.1. The van der Waals surface area contributed by atoms with Crippen molar-refractivity contribution in [3.8, 4) is 0 Å². The predicted octanol–water partition coefficient (Wildman–Crippen LogP) is 2.99. The van der Waals surface area contributed by atoms with Gasteiger partial charge in [0.2, 0.25) is 0 Å². The molecule has 3 aliphatic rings. The summed E-state index contributed by atoms with van der Waals surface area (Å²) in [6.07, 6.45) is 9.21. The lowest BCUT2D eigenvalue weighted by Crippen LogP contribution is -2.39. The van der Waals surface area contributed by atoms with Crippen molar-refractivity contribution >= 4 is 28.9 Å². The van der Waals surface area contributed by atoms with Crippen LogP contribution in [0, 0.1) is 5.41 Å². The van der Waals surface area contributed by atoms with Crippen molar-refractivity contribution in [2.45, 2.75) is 32.1 Å². The standard InChI is InChI=1S/C22H26N6S/c29-21(26-25-18-7-3-5-17-6-4-12-24-20(17)18)28-14-10-22(16-28)9-13-27(15-22)19-8-1-2-11-23-19/h1-2,4,6,8,11-12H,3,5,7,9-10,13-16H2,(H,26,29)/b25-18-. The summed E-state index contributed by atoms with van der Waals surface area (Å²) in [7, 11) is 0. The monoisotopic (exact) mass is 406 g/mol. The van der Waals surface area contributed by atoms with Gasteiger partial charge in [-0.3, -0.25) is 10.4 Å². The Balaban J connectivity index is 1.22. The van der Waals surface area contributed by atoms with Gasteiger partial charge in [-0.2, -0.15) is 5.10 Å². The first-order valence-electron chi connectivity index (χ1n) is 10.4. The molecule has 0 bridgehead atoms. The zero-order valence-electron chi connectivity index (χ0n) is 16.5. The number of fused-ring (bicyclic) bond motifs is 1. The van der Waals surface area contributed by atoms with Crippen LogP contribution in [0.3, 0.4) is 0 Å². The fourth-order valence-corrected chi connectivity index (χ4v) is 5.07. The topological polar surface area (TPSA) is 56.7 Å². The summed E-state index contributed by atoms with van der Waals surface area (Å²) >= 11 is 5.68. The first-order valence-corrected chi connectivity index (χ1v) is 10.9. The zero-order chi connectivity index (χ0) is 19.7. The molecule has 2 fully saturated rings. The number of likely N-dealkylation sites (tertiary alicyclic amines) is 1. The van der Waals surface area contributed by atoms with Gasteiger partial charge in [0, 0.05) is 44.0 Å². The number of thiocarbonyl (C=S) groups is 1. The number of hydrazone groups is 1. The summed E-state index contributed by atoms with van der Waals surface area (Å²) in [6, 6.07) is 10.3. The van der Waals surface area contributed by atoms with Gasteiger partial charge in [-0.05, 0) is 68.1 Å². The van der Waals surface area contributed by atoms with Crippen molar-refractivity contribution in [3.05, 3.63) is 54.0 Å². The molecule has 1 N–H and O–H groups in total. The van der Waals surface area contributed by atoms with Crippen LogP contribution in [0.5, 0.6) is 0 Å². The molecule has 4 heterocycles. The van der Waals surface area contributed by atoms with Gasteiger partial charge in [0.1, 0.15) is 5.82 Å². The lowest BCUT2D eigenvalue weighted by Gasteiger charge is -2.26. The third kappa shape index (κ3) is 3.71. The molecule has 6 nitrogen and oxygen atoms in total. The molecule has 1 atom stereocenters. The summed E-state index contributed by atoms with van der Waals surface area (Å²) in [5.74, 6) is 1.08. The average Bonchev–Trinajstić information content (AvgIpc) is 3.39. The molecule has 2 saturated heterocycles. The number of hydrogen-bond acceptors (Lipinski definition) is 5. The SMILES string of the molecule is S=C(N/N=C1/CCCc2cccnc21)N1CCC2(CCN(c3ccccn3)C2)C1. The molecule has 0 radical (unpaired) electrons. The van der Waals surface area contributed by atoms with E-state index in [1.165, 1.54) is 18.4 Å². The minimum Gasteiger partial charge on any atom is -0.356 e. The van der Waals surface area contributed by atoms with E-state index in [0.29, 0.717) is 5.41 Å². The Morgan fingerprint density at radius 2 is 1.93 bits per heavy atom. The number of anilines is 1. The Bertz CT molecular complexity index is 930. The highest BCUT2D eigenvalue weighted by molar-refractivity contribution is 7.80. The summed E-state index contributed by atoms with van der Waals surface area (Å²) < 4.78 is 0. The van der Waals surface area contributed by atoms with Crippen LogP contribution in [0.4, 0.5) is 5.82 Å². The second-order valence-corrected chi connectivity index (χ2v) is 8.76. The van der Waals surface area contributed by atoms with E-state index in [9.17, 15) is 0 Å². The lowest BCUT2D eigenvalue weighted by molar-refractivity contribution is 0.339. The Kier molecular flexibility index (Phi) is 4.91. The molecule has 150 valence electrons. The van der Waals surface area contributed by atoms with Gasteiger partial charge in [0.25, 0.3) is 0 Å². The van der Waals surface area contributed by atoms with Crippen molar-refractivity contribution in [1.82, 2.24) is 20.3 Å². The zero-order valence-corrected chi connectivity index (χ0v) is 17.4. The maximum atomic E-state index is 5.68. The Morgan fingerprint density at radius 3 is 2.83 bits per heavy atom. The minimum atomic E-state index is 0.301. The van der Waals surface area contributed by atoms with Crippen LogP contribution in [0.25, 0.3) is 0 Å². The molecule has 7 heteroatoms. The fraction of sp³-hybridized carbons (Fsp3) is 0.455. The van der Waals surface area contributed by atoms with Crippen molar-refractivity contribution in [3.63, 3.8) is 0 Å². The van der Waals surface area contributed by atoms with E-state index < -0.39 is 0 Å². The van der Waals surface area contributed by atoms with Gasteiger partial charge in [0.05, 0.1) is 11.4 Å². The molecule has 0 saturated carbocycles. The maximum Gasteiger partial charge on any atom is 0.189 e. The molecule has 5 rings (SSSR count). The van der Waals surface area contributed by atoms with Gasteiger partial charge in [-0.25, -0.2) is 4.98 Å². The van der Waals surface area contributed by atoms with Crippen LogP contribution in [-0.4, -0.2) is 51.9 Å². The third-order valence-corrected chi connectivity index (χ3v) is 6.80. The van der Waals surface area contributed by atoms with Crippen molar-refractivity contribution < 1.29 is 0 Å². The van der Waals surface area contributed by atoms with Crippen molar-refractivity contribution in [2.75, 3.05) is 31.1 Å². The number of aryl methyl sites for hydroxylation is 1. The maximum absolute atomic E-state index is 5.68. The van der Waals surface area contributed by atoms with Crippen LogP contribution >= 0.6 is 12.2 Å². The number of aromatic nitrogens is 2. The van der Waals surface area contributed by atoms with E-state index in [0.717, 1.165) is 67.8 Å². The Labute approximate surface area is 177 Å². The van der Waals surface area contributed by atoms with Crippen LogP contribution in [-0.2, 0) is 6.42 Å². The average molecular weight is 407 g/mol. The van der Waals surface area contributed by atoms with Crippen LogP contribution < -0.4 is 10.3 Å². The predicted molar refractivity (Wildman–Crippen MR) is 119 cm³/mol. The molecule has 2 aliphatic heterocycles. The first-order chi connectivity index (χ1) is 14.2. The summed E-state index contributed by atoms with van der Waals surface area (Å²) in [5.41, 5.74) is 6.79. The third-order valence-electron chi connectivity index (χ3n) is 6.45. The van der Waals surface area contributed by atoms with E-state index in [1.807, 2.05) is 24.5 Å². The highest BCUT2D eigenvalue weighted by Gasteiger charge is 2.44. The van der Waals surface area contributed by atoms with Crippen molar-refractivity contribution in [1.29, 1.82) is 0 Å². The molecule has 2 aromatic heterocycles. The number of nitrogens with one attached hydrogen (secondary N) is 1. The van der Waals surface area contributed by atoms with E-state index in [4.69, 9.17) is 12.2 Å². The Morgan fingerprint density at radius 1 is 1.03 bits per heavy atom. The molecular formula is C22H26N6S. The summed E-state index contributed by atoms with van der Waals surface area (Å²) in [5, 5.41) is 5.38. The normalized spacial score (nSPS) is 24.9. The van der Waals surface area contributed by atoms with E-state index in [2.05, 4.69) is 48.5 Å². The Hall–Kier alpha value is -2.54. The minimum absolute atomic E-state index is 0.301. The van der Waals surface area contributed by atoms with Gasteiger partial charge < -0.3 is 9.80 Å². The second kappa shape index (κ2) is 7.71. The number of pyridine rings is 2. The van der Waals surface area contributed by atoms with Gasteiger partial charge in [-0.15, -0.1) is 0 Å². The van der Waals surface area contributed by atoms with Gasteiger partial charge >= 0.3 is 0 Å². The number of nitrogens with zero attached hydrogens (tertiary/aromatic N) is 5. The van der Waals surface area contributed by atoms with Crippen LogP contribution in [0.1, 0.15) is 36.9 Å². The number of hydrogen-bond donors (Lipinski definition) is 1.